The SMILES string of the molecule is O=CNCC(=O)Nc1cc(F)cc(F)c1. The third kappa shape index (κ3) is 3.72. The van der Waals surface area contributed by atoms with Crippen molar-refractivity contribution in [3.05, 3.63) is 29.8 Å². The molecule has 15 heavy (non-hydrogen) atoms. The van der Waals surface area contributed by atoms with Crippen molar-refractivity contribution in [1.82, 2.24) is 5.32 Å². The zero-order chi connectivity index (χ0) is 11.3. The molecule has 0 aliphatic carbocycles. The first-order chi connectivity index (χ1) is 7.11. The standard InChI is InChI=1S/C9H8F2N2O2/c10-6-1-7(11)3-8(2-6)13-9(15)4-12-5-14/h1-3,5H,4H2,(H,12,14)(H,13,15). The van der Waals surface area contributed by atoms with E-state index in [1.807, 2.05) is 0 Å². The molecule has 0 aliphatic rings. The molecule has 0 unspecified atom stereocenters. The maximum absolute atomic E-state index is 12.7. The van der Waals surface area contributed by atoms with E-state index in [1.54, 1.807) is 0 Å². The van der Waals surface area contributed by atoms with Crippen LogP contribution in [0, 0.1) is 11.6 Å². The molecule has 0 spiro atoms. The number of hydrogen-bond acceptors (Lipinski definition) is 2. The van der Waals surface area contributed by atoms with Crippen LogP contribution in [0.15, 0.2) is 18.2 Å². The monoisotopic (exact) mass is 214 g/mol. The minimum absolute atomic E-state index is 0.00481. The van der Waals surface area contributed by atoms with Gasteiger partial charge in [-0.25, -0.2) is 8.78 Å². The highest BCUT2D eigenvalue weighted by Crippen LogP contribution is 2.12. The fourth-order valence-corrected chi connectivity index (χ4v) is 0.966. The van der Waals surface area contributed by atoms with Crippen molar-refractivity contribution in [2.24, 2.45) is 0 Å². The number of carbonyl (C=O) groups is 2. The Bertz CT molecular complexity index is 362. The second-order valence-corrected chi connectivity index (χ2v) is 2.71. The molecule has 2 N–H and O–H groups in total. The molecule has 6 heteroatoms. The first-order valence-electron chi connectivity index (χ1n) is 4.05. The summed E-state index contributed by atoms with van der Waals surface area (Å²) >= 11 is 0. The third-order valence-corrected chi connectivity index (χ3v) is 1.49. The predicted molar refractivity (Wildman–Crippen MR) is 49.1 cm³/mol. The lowest BCUT2D eigenvalue weighted by atomic mass is 10.3. The molecule has 80 valence electrons. The molecule has 0 aliphatic heterocycles. The summed E-state index contributed by atoms with van der Waals surface area (Å²) in [5.41, 5.74) is 0.00481. The van der Waals surface area contributed by atoms with Crippen LogP contribution in [-0.4, -0.2) is 18.9 Å². The summed E-state index contributed by atoms with van der Waals surface area (Å²) in [6.45, 7) is -0.248. The first kappa shape index (κ1) is 11.1. The molecular weight excluding hydrogens is 206 g/mol. The lowest BCUT2D eigenvalue weighted by Gasteiger charge is -2.04. The molecule has 0 bridgehead atoms. The van der Waals surface area contributed by atoms with Gasteiger partial charge in [0, 0.05) is 11.8 Å². The van der Waals surface area contributed by atoms with Gasteiger partial charge in [-0.3, -0.25) is 9.59 Å². The minimum atomic E-state index is -0.784. The molecule has 1 aromatic carbocycles. The van der Waals surface area contributed by atoms with Crippen LogP contribution < -0.4 is 10.6 Å². The summed E-state index contributed by atoms with van der Waals surface area (Å²) in [4.78, 5) is 20.9. The van der Waals surface area contributed by atoms with E-state index in [2.05, 4.69) is 10.6 Å². The Labute approximate surface area is 84.3 Å². The summed E-state index contributed by atoms with van der Waals surface area (Å²) in [6.07, 6.45) is 0.353. The van der Waals surface area contributed by atoms with E-state index in [9.17, 15) is 18.4 Å². The number of anilines is 1. The van der Waals surface area contributed by atoms with E-state index < -0.39 is 17.5 Å². The molecule has 0 fully saturated rings. The number of nitrogens with one attached hydrogen (secondary N) is 2. The lowest BCUT2D eigenvalue weighted by molar-refractivity contribution is -0.118. The second-order valence-electron chi connectivity index (χ2n) is 2.71. The fraction of sp³-hybridized carbons (Fsp3) is 0.111. The highest BCUT2D eigenvalue weighted by molar-refractivity contribution is 5.93. The van der Waals surface area contributed by atoms with Gasteiger partial charge in [0.05, 0.1) is 6.54 Å². The van der Waals surface area contributed by atoms with Crippen LogP contribution in [0.1, 0.15) is 0 Å². The topological polar surface area (TPSA) is 58.2 Å². The maximum Gasteiger partial charge on any atom is 0.243 e. The van der Waals surface area contributed by atoms with Gasteiger partial charge in [0.1, 0.15) is 11.6 Å². The molecule has 0 heterocycles. The molecular formula is C9H8F2N2O2. The van der Waals surface area contributed by atoms with Crippen molar-refractivity contribution < 1.29 is 18.4 Å². The quantitative estimate of drug-likeness (QED) is 0.723. The number of benzene rings is 1. The molecule has 0 saturated heterocycles. The molecule has 1 rings (SSSR count). The van der Waals surface area contributed by atoms with E-state index >= 15 is 0 Å². The highest BCUT2D eigenvalue weighted by atomic mass is 19.1. The molecule has 4 nitrogen and oxygen atoms in total. The van der Waals surface area contributed by atoms with Gasteiger partial charge in [-0.05, 0) is 12.1 Å². The summed E-state index contributed by atoms with van der Waals surface area (Å²) in [5, 5.41) is 4.34. The molecule has 0 saturated carbocycles. The number of halogens is 2. The number of rotatable bonds is 4. The van der Waals surface area contributed by atoms with Crippen LogP contribution in [0.4, 0.5) is 14.5 Å². The van der Waals surface area contributed by atoms with E-state index in [-0.39, 0.29) is 12.2 Å². The Morgan fingerprint density at radius 3 is 2.40 bits per heavy atom. The summed E-state index contributed by atoms with van der Waals surface area (Å²) in [7, 11) is 0. The van der Waals surface area contributed by atoms with Crippen molar-refractivity contribution in [2.75, 3.05) is 11.9 Å². The van der Waals surface area contributed by atoms with Crippen molar-refractivity contribution in [3.63, 3.8) is 0 Å². The Balaban J connectivity index is 2.63. The Hall–Kier alpha value is -1.98. The highest BCUT2D eigenvalue weighted by Gasteiger charge is 2.04. The van der Waals surface area contributed by atoms with Crippen LogP contribution in [0.2, 0.25) is 0 Å². The van der Waals surface area contributed by atoms with Gasteiger partial charge in [0.2, 0.25) is 12.3 Å². The molecule has 0 aromatic heterocycles. The zero-order valence-electron chi connectivity index (χ0n) is 7.59. The Morgan fingerprint density at radius 2 is 1.87 bits per heavy atom. The van der Waals surface area contributed by atoms with Crippen molar-refractivity contribution >= 4 is 18.0 Å². The van der Waals surface area contributed by atoms with E-state index in [0.29, 0.717) is 12.5 Å². The smallest absolute Gasteiger partial charge is 0.243 e. The minimum Gasteiger partial charge on any atom is -0.350 e. The van der Waals surface area contributed by atoms with Crippen molar-refractivity contribution in [3.8, 4) is 0 Å². The second kappa shape index (κ2) is 5.04. The van der Waals surface area contributed by atoms with Crippen LogP contribution in [0.25, 0.3) is 0 Å². The molecule has 2 amide bonds. The van der Waals surface area contributed by atoms with Gasteiger partial charge in [-0.15, -0.1) is 0 Å². The Morgan fingerprint density at radius 1 is 1.27 bits per heavy atom. The number of amides is 2. The van der Waals surface area contributed by atoms with E-state index in [1.165, 1.54) is 0 Å². The number of hydrogen-bond donors (Lipinski definition) is 2. The normalized spacial score (nSPS) is 9.47. The maximum atomic E-state index is 12.7. The van der Waals surface area contributed by atoms with Crippen LogP contribution in [0.5, 0.6) is 0 Å². The van der Waals surface area contributed by atoms with Crippen LogP contribution in [0.3, 0.4) is 0 Å². The van der Waals surface area contributed by atoms with E-state index in [0.717, 1.165) is 12.1 Å². The first-order valence-corrected chi connectivity index (χ1v) is 4.05. The van der Waals surface area contributed by atoms with Crippen molar-refractivity contribution in [1.29, 1.82) is 0 Å². The Kier molecular flexibility index (Phi) is 3.73. The summed E-state index contributed by atoms with van der Waals surface area (Å²) in [5.74, 6) is -2.13. The van der Waals surface area contributed by atoms with E-state index in [4.69, 9.17) is 0 Å². The largest absolute Gasteiger partial charge is 0.350 e. The molecule has 1 aromatic rings. The van der Waals surface area contributed by atoms with Gasteiger partial charge < -0.3 is 10.6 Å². The van der Waals surface area contributed by atoms with Gasteiger partial charge in [0.25, 0.3) is 0 Å². The predicted octanol–water partition coefficient (Wildman–Crippen LogP) is 0.649. The van der Waals surface area contributed by atoms with Gasteiger partial charge in [-0.2, -0.15) is 0 Å². The van der Waals surface area contributed by atoms with Crippen LogP contribution >= 0.6 is 0 Å². The fourth-order valence-electron chi connectivity index (χ4n) is 0.966. The molecule has 0 atom stereocenters. The van der Waals surface area contributed by atoms with Gasteiger partial charge >= 0.3 is 0 Å². The lowest BCUT2D eigenvalue weighted by Crippen LogP contribution is -2.26. The summed E-state index contributed by atoms with van der Waals surface area (Å²) in [6, 6.07) is 2.64. The van der Waals surface area contributed by atoms with Crippen molar-refractivity contribution in [2.45, 2.75) is 0 Å². The average molecular weight is 214 g/mol. The number of carbonyl (C=O) groups excluding carboxylic acids is 2. The van der Waals surface area contributed by atoms with Gasteiger partial charge in [0.15, 0.2) is 0 Å². The molecule has 0 radical (unpaired) electrons. The third-order valence-electron chi connectivity index (χ3n) is 1.49. The van der Waals surface area contributed by atoms with Crippen LogP contribution in [-0.2, 0) is 9.59 Å². The zero-order valence-corrected chi connectivity index (χ0v) is 7.59. The summed E-state index contributed by atoms with van der Waals surface area (Å²) < 4.78 is 25.3. The average Bonchev–Trinajstić information content (AvgIpc) is 2.13. The van der Waals surface area contributed by atoms with Gasteiger partial charge in [-0.1, -0.05) is 0 Å².